The SMILES string of the molecule is COCc1ccccc1NC(N)=NCc1ccnc(N(C)C)c1.I. The number of anilines is 2. The fraction of sp³-hybridized carbons (Fsp3) is 0.294. The van der Waals surface area contributed by atoms with E-state index in [1.54, 1.807) is 13.3 Å². The van der Waals surface area contributed by atoms with Crippen LogP contribution in [0.4, 0.5) is 11.5 Å². The van der Waals surface area contributed by atoms with E-state index in [0.29, 0.717) is 19.1 Å². The van der Waals surface area contributed by atoms with E-state index in [0.717, 1.165) is 22.6 Å². The molecule has 0 aliphatic heterocycles. The van der Waals surface area contributed by atoms with Crippen LogP contribution in [0, 0.1) is 0 Å². The lowest BCUT2D eigenvalue weighted by Gasteiger charge is -2.12. The Balaban J connectivity index is 0.00000288. The lowest BCUT2D eigenvalue weighted by atomic mass is 10.2. The maximum Gasteiger partial charge on any atom is 0.193 e. The van der Waals surface area contributed by atoms with Gasteiger partial charge in [-0.05, 0) is 23.8 Å². The highest BCUT2D eigenvalue weighted by Gasteiger charge is 2.03. The number of halogens is 1. The number of aromatic nitrogens is 1. The van der Waals surface area contributed by atoms with Crippen LogP contribution < -0.4 is 16.0 Å². The number of pyridine rings is 1. The highest BCUT2D eigenvalue weighted by molar-refractivity contribution is 14.0. The Morgan fingerprint density at radius 1 is 1.29 bits per heavy atom. The molecule has 0 saturated heterocycles. The van der Waals surface area contributed by atoms with Crippen molar-refractivity contribution < 1.29 is 4.74 Å². The largest absolute Gasteiger partial charge is 0.380 e. The number of methoxy groups -OCH3 is 1. The second-order valence-corrected chi connectivity index (χ2v) is 5.33. The van der Waals surface area contributed by atoms with Crippen molar-refractivity contribution in [2.45, 2.75) is 13.2 Å². The van der Waals surface area contributed by atoms with Gasteiger partial charge < -0.3 is 20.7 Å². The van der Waals surface area contributed by atoms with Crippen molar-refractivity contribution in [3.05, 3.63) is 53.7 Å². The molecule has 0 atom stereocenters. The van der Waals surface area contributed by atoms with Crippen LogP contribution in [0.25, 0.3) is 0 Å². The number of guanidine groups is 1. The lowest BCUT2D eigenvalue weighted by molar-refractivity contribution is 0.185. The van der Waals surface area contributed by atoms with Gasteiger partial charge in [0.1, 0.15) is 5.82 Å². The second kappa shape index (κ2) is 10.1. The van der Waals surface area contributed by atoms with E-state index in [9.17, 15) is 0 Å². The topological polar surface area (TPSA) is 75.8 Å². The van der Waals surface area contributed by atoms with Gasteiger partial charge >= 0.3 is 0 Å². The Labute approximate surface area is 160 Å². The average Bonchev–Trinajstić information content (AvgIpc) is 2.55. The summed E-state index contributed by atoms with van der Waals surface area (Å²) in [6.45, 7) is 1.02. The summed E-state index contributed by atoms with van der Waals surface area (Å²) >= 11 is 0. The third-order valence-electron chi connectivity index (χ3n) is 3.28. The molecule has 3 N–H and O–H groups in total. The van der Waals surface area contributed by atoms with Gasteiger partial charge in [0.15, 0.2) is 5.96 Å². The molecule has 0 saturated carbocycles. The Morgan fingerprint density at radius 3 is 2.75 bits per heavy atom. The number of rotatable bonds is 6. The normalized spacial score (nSPS) is 10.9. The molecule has 0 aliphatic carbocycles. The fourth-order valence-electron chi connectivity index (χ4n) is 2.08. The molecule has 1 aromatic heterocycles. The zero-order chi connectivity index (χ0) is 16.7. The number of nitrogens with zero attached hydrogens (tertiary/aromatic N) is 3. The summed E-state index contributed by atoms with van der Waals surface area (Å²) in [7, 11) is 5.58. The molecule has 1 aromatic carbocycles. The van der Waals surface area contributed by atoms with Gasteiger partial charge in [0.05, 0.1) is 13.2 Å². The molecule has 0 aliphatic rings. The van der Waals surface area contributed by atoms with E-state index in [1.807, 2.05) is 55.4 Å². The van der Waals surface area contributed by atoms with Crippen molar-refractivity contribution in [3.63, 3.8) is 0 Å². The maximum absolute atomic E-state index is 5.99. The molecule has 0 bridgehead atoms. The minimum absolute atomic E-state index is 0. The van der Waals surface area contributed by atoms with Crippen molar-refractivity contribution in [2.75, 3.05) is 31.4 Å². The van der Waals surface area contributed by atoms with Crippen molar-refractivity contribution in [3.8, 4) is 0 Å². The summed E-state index contributed by atoms with van der Waals surface area (Å²) in [6.07, 6.45) is 1.78. The molecule has 0 radical (unpaired) electrons. The van der Waals surface area contributed by atoms with E-state index in [-0.39, 0.29) is 24.0 Å². The molecule has 7 heteroatoms. The van der Waals surface area contributed by atoms with Crippen LogP contribution in [-0.4, -0.2) is 32.1 Å². The summed E-state index contributed by atoms with van der Waals surface area (Å²) in [5.41, 5.74) is 8.98. The van der Waals surface area contributed by atoms with Gasteiger partial charge in [0.2, 0.25) is 0 Å². The van der Waals surface area contributed by atoms with Crippen molar-refractivity contribution >= 4 is 41.4 Å². The van der Waals surface area contributed by atoms with Crippen LogP contribution in [0.15, 0.2) is 47.6 Å². The lowest BCUT2D eigenvalue weighted by Crippen LogP contribution is -2.23. The minimum atomic E-state index is 0. The van der Waals surface area contributed by atoms with Gasteiger partial charge in [-0.3, -0.25) is 0 Å². The summed E-state index contributed by atoms with van der Waals surface area (Å²) in [5, 5.41) is 3.12. The van der Waals surface area contributed by atoms with Gasteiger partial charge in [0, 0.05) is 38.7 Å². The number of hydrogen-bond donors (Lipinski definition) is 2. The number of ether oxygens (including phenoxy) is 1. The minimum Gasteiger partial charge on any atom is -0.380 e. The number of para-hydroxylation sites is 1. The molecule has 24 heavy (non-hydrogen) atoms. The first-order valence-electron chi connectivity index (χ1n) is 7.36. The molecular weight excluding hydrogens is 417 g/mol. The van der Waals surface area contributed by atoms with Crippen LogP contribution in [0.2, 0.25) is 0 Å². The Bertz CT molecular complexity index is 676. The van der Waals surface area contributed by atoms with E-state index in [2.05, 4.69) is 15.3 Å². The molecule has 0 fully saturated rings. The Morgan fingerprint density at radius 2 is 2.04 bits per heavy atom. The molecule has 0 unspecified atom stereocenters. The second-order valence-electron chi connectivity index (χ2n) is 5.33. The maximum atomic E-state index is 5.99. The van der Waals surface area contributed by atoms with Crippen molar-refractivity contribution in [1.29, 1.82) is 0 Å². The van der Waals surface area contributed by atoms with Crippen LogP contribution in [-0.2, 0) is 17.9 Å². The van der Waals surface area contributed by atoms with E-state index in [4.69, 9.17) is 10.5 Å². The third kappa shape index (κ3) is 5.97. The van der Waals surface area contributed by atoms with Crippen LogP contribution in [0.1, 0.15) is 11.1 Å². The van der Waals surface area contributed by atoms with Crippen LogP contribution in [0.5, 0.6) is 0 Å². The molecular formula is C17H24IN5O. The van der Waals surface area contributed by atoms with E-state index >= 15 is 0 Å². The molecule has 0 amide bonds. The van der Waals surface area contributed by atoms with Gasteiger partial charge in [-0.25, -0.2) is 9.98 Å². The van der Waals surface area contributed by atoms with Crippen molar-refractivity contribution in [2.24, 2.45) is 10.7 Å². The molecule has 130 valence electrons. The number of benzene rings is 1. The monoisotopic (exact) mass is 441 g/mol. The van der Waals surface area contributed by atoms with Crippen molar-refractivity contribution in [1.82, 2.24) is 4.98 Å². The molecule has 1 heterocycles. The van der Waals surface area contributed by atoms with E-state index < -0.39 is 0 Å². The Hall–Kier alpha value is -1.87. The standard InChI is InChI=1S/C17H23N5O.HI/c1-22(2)16-10-13(8-9-19-16)11-20-17(18)21-15-7-5-4-6-14(15)12-23-3;/h4-10H,11-12H2,1-3H3,(H3,18,20,21);1H. The predicted octanol–water partition coefficient (Wildman–Crippen LogP) is 2.84. The number of nitrogens with two attached hydrogens (primary N) is 1. The summed E-state index contributed by atoms with van der Waals surface area (Å²) in [6, 6.07) is 11.8. The van der Waals surface area contributed by atoms with Gasteiger partial charge in [-0.1, -0.05) is 18.2 Å². The number of nitrogens with one attached hydrogen (secondary N) is 1. The first-order chi connectivity index (χ1) is 11.1. The van der Waals surface area contributed by atoms with Crippen LogP contribution in [0.3, 0.4) is 0 Å². The smallest absolute Gasteiger partial charge is 0.193 e. The summed E-state index contributed by atoms with van der Waals surface area (Å²) in [5.74, 6) is 1.27. The quantitative estimate of drug-likeness (QED) is 0.410. The summed E-state index contributed by atoms with van der Waals surface area (Å²) < 4.78 is 5.18. The summed E-state index contributed by atoms with van der Waals surface area (Å²) in [4.78, 5) is 10.6. The molecule has 2 rings (SSSR count). The highest BCUT2D eigenvalue weighted by Crippen LogP contribution is 2.15. The predicted molar refractivity (Wildman–Crippen MR) is 110 cm³/mol. The van der Waals surface area contributed by atoms with Gasteiger partial charge in [-0.2, -0.15) is 0 Å². The van der Waals surface area contributed by atoms with Gasteiger partial charge in [-0.15, -0.1) is 24.0 Å². The first-order valence-corrected chi connectivity index (χ1v) is 7.36. The zero-order valence-corrected chi connectivity index (χ0v) is 16.5. The third-order valence-corrected chi connectivity index (χ3v) is 3.28. The molecule has 6 nitrogen and oxygen atoms in total. The molecule has 0 spiro atoms. The number of aliphatic imine (C=N–C) groups is 1. The van der Waals surface area contributed by atoms with Gasteiger partial charge in [0.25, 0.3) is 0 Å². The van der Waals surface area contributed by atoms with Crippen LogP contribution >= 0.6 is 24.0 Å². The number of hydrogen-bond acceptors (Lipinski definition) is 4. The zero-order valence-electron chi connectivity index (χ0n) is 14.2. The highest BCUT2D eigenvalue weighted by atomic mass is 127. The first kappa shape index (κ1) is 20.2. The Kier molecular flexibility index (Phi) is 8.48. The fourth-order valence-corrected chi connectivity index (χ4v) is 2.08. The molecule has 2 aromatic rings. The average molecular weight is 441 g/mol. The van der Waals surface area contributed by atoms with E-state index in [1.165, 1.54) is 0 Å².